The van der Waals surface area contributed by atoms with Crippen LogP contribution in [-0.2, 0) is 9.59 Å². The van der Waals surface area contributed by atoms with Gasteiger partial charge in [0.25, 0.3) is 11.8 Å². The second kappa shape index (κ2) is 7.37. The summed E-state index contributed by atoms with van der Waals surface area (Å²) in [6.07, 6.45) is -0.316. The number of amides is 4. The van der Waals surface area contributed by atoms with Crippen molar-refractivity contribution < 1.29 is 19.2 Å². The molecule has 7 nitrogen and oxygen atoms in total. The van der Waals surface area contributed by atoms with Crippen molar-refractivity contribution in [3.63, 3.8) is 0 Å². The summed E-state index contributed by atoms with van der Waals surface area (Å²) in [6, 6.07) is 13.0. The van der Waals surface area contributed by atoms with Gasteiger partial charge in [-0.15, -0.1) is 0 Å². The van der Waals surface area contributed by atoms with Gasteiger partial charge in [-0.05, 0) is 24.3 Å². The lowest BCUT2D eigenvalue weighted by atomic mass is 10.1. The van der Waals surface area contributed by atoms with Crippen LogP contribution >= 0.6 is 11.6 Å². The molecule has 132 valence electrons. The first kappa shape index (κ1) is 17.6. The molecule has 0 saturated heterocycles. The number of carbonyl (C=O) groups excluding carboxylic acids is 4. The summed E-state index contributed by atoms with van der Waals surface area (Å²) in [5.74, 6) is -2.22. The van der Waals surface area contributed by atoms with Gasteiger partial charge in [0.05, 0.1) is 21.8 Å². The van der Waals surface area contributed by atoms with Crippen LogP contribution in [0.2, 0.25) is 5.02 Å². The van der Waals surface area contributed by atoms with Crippen LogP contribution in [0.1, 0.15) is 33.6 Å². The van der Waals surface area contributed by atoms with Gasteiger partial charge in [-0.3, -0.25) is 24.6 Å². The van der Waals surface area contributed by atoms with Gasteiger partial charge in [0.15, 0.2) is 0 Å². The van der Waals surface area contributed by atoms with Crippen molar-refractivity contribution in [3.8, 4) is 0 Å². The molecule has 0 radical (unpaired) electrons. The lowest BCUT2D eigenvalue weighted by molar-refractivity contribution is -0.126. The van der Waals surface area contributed by atoms with E-state index in [1.54, 1.807) is 36.4 Å². The Hall–Kier alpha value is -3.19. The summed E-state index contributed by atoms with van der Waals surface area (Å²) in [5, 5.41) is 3.64. The fourth-order valence-electron chi connectivity index (χ4n) is 2.47. The zero-order valence-electron chi connectivity index (χ0n) is 13.5. The number of halogens is 1. The predicted molar refractivity (Wildman–Crippen MR) is 94.4 cm³/mol. The Labute approximate surface area is 153 Å². The smallest absolute Gasteiger partial charge is 0.280 e. The van der Waals surface area contributed by atoms with E-state index < -0.39 is 23.6 Å². The van der Waals surface area contributed by atoms with Crippen LogP contribution < -0.4 is 10.7 Å². The van der Waals surface area contributed by atoms with Crippen molar-refractivity contribution in [2.24, 2.45) is 0 Å². The quantitative estimate of drug-likeness (QED) is 0.789. The van der Waals surface area contributed by atoms with Gasteiger partial charge >= 0.3 is 0 Å². The molecule has 0 unspecified atom stereocenters. The Morgan fingerprint density at radius 3 is 2.00 bits per heavy atom. The Bertz CT molecular complexity index is 878. The first-order valence-corrected chi connectivity index (χ1v) is 8.17. The van der Waals surface area contributed by atoms with E-state index in [1.807, 2.05) is 0 Å². The fourth-order valence-corrected chi connectivity index (χ4v) is 2.66. The molecule has 3 rings (SSSR count). The van der Waals surface area contributed by atoms with Crippen LogP contribution in [0.3, 0.4) is 0 Å². The summed E-state index contributed by atoms with van der Waals surface area (Å²) >= 11 is 5.95. The molecule has 1 aliphatic heterocycles. The van der Waals surface area contributed by atoms with E-state index in [9.17, 15) is 19.2 Å². The van der Waals surface area contributed by atoms with Crippen LogP contribution in [0.25, 0.3) is 0 Å². The lowest BCUT2D eigenvalue weighted by Crippen LogP contribution is -2.46. The Morgan fingerprint density at radius 2 is 1.38 bits per heavy atom. The molecule has 0 bridgehead atoms. The van der Waals surface area contributed by atoms with Crippen molar-refractivity contribution in [3.05, 3.63) is 64.7 Å². The standard InChI is InChI=1S/C18H14ClN3O4/c19-13-7-3-4-8-14(13)20-15(23)9-10-16(24)21-22-17(25)11-5-1-2-6-12(11)18(22)26/h1-8H,9-10H2,(H,20,23)(H,21,24). The van der Waals surface area contributed by atoms with E-state index in [1.165, 1.54) is 12.1 Å². The highest BCUT2D eigenvalue weighted by Gasteiger charge is 2.36. The van der Waals surface area contributed by atoms with Crippen molar-refractivity contribution in [1.29, 1.82) is 0 Å². The molecule has 2 aromatic rings. The van der Waals surface area contributed by atoms with Crippen LogP contribution in [0.4, 0.5) is 5.69 Å². The maximum atomic E-state index is 12.2. The minimum Gasteiger partial charge on any atom is -0.325 e. The predicted octanol–water partition coefficient (Wildman–Crippen LogP) is 2.39. The van der Waals surface area contributed by atoms with Crippen LogP contribution in [-0.4, -0.2) is 28.6 Å². The van der Waals surface area contributed by atoms with Gasteiger partial charge in [-0.2, -0.15) is 5.01 Å². The summed E-state index contributed by atoms with van der Waals surface area (Å²) in [6.45, 7) is 0. The minimum absolute atomic E-state index is 0.125. The van der Waals surface area contributed by atoms with Crippen LogP contribution in [0, 0.1) is 0 Å². The number of benzene rings is 2. The zero-order chi connectivity index (χ0) is 18.7. The second-order valence-corrected chi connectivity index (χ2v) is 5.96. The molecule has 2 aromatic carbocycles. The Morgan fingerprint density at radius 1 is 0.846 bits per heavy atom. The van der Waals surface area contributed by atoms with Gasteiger partial charge in [-0.25, -0.2) is 0 Å². The third kappa shape index (κ3) is 3.57. The summed E-state index contributed by atoms with van der Waals surface area (Å²) < 4.78 is 0. The monoisotopic (exact) mass is 371 g/mol. The number of hydrogen-bond donors (Lipinski definition) is 2. The highest BCUT2D eigenvalue weighted by Crippen LogP contribution is 2.21. The number of nitrogens with one attached hydrogen (secondary N) is 2. The highest BCUT2D eigenvalue weighted by molar-refractivity contribution is 6.33. The number of fused-ring (bicyclic) bond motifs is 1. The van der Waals surface area contributed by atoms with Gasteiger partial charge in [0.2, 0.25) is 11.8 Å². The van der Waals surface area contributed by atoms with Crippen molar-refractivity contribution >= 4 is 40.9 Å². The Kier molecular flexibility index (Phi) is 4.99. The summed E-state index contributed by atoms with van der Waals surface area (Å²) in [5.41, 5.74) is 3.15. The first-order chi connectivity index (χ1) is 12.5. The van der Waals surface area contributed by atoms with Gasteiger partial charge in [-0.1, -0.05) is 35.9 Å². The number of rotatable bonds is 5. The number of carbonyl (C=O) groups is 4. The molecule has 0 fully saturated rings. The van der Waals surface area contributed by atoms with E-state index in [0.29, 0.717) is 15.7 Å². The van der Waals surface area contributed by atoms with Crippen molar-refractivity contribution in [2.75, 3.05) is 5.32 Å². The molecule has 0 aromatic heterocycles. The highest BCUT2D eigenvalue weighted by atomic mass is 35.5. The fraction of sp³-hybridized carbons (Fsp3) is 0.111. The SMILES string of the molecule is O=C(CCC(=O)NN1C(=O)c2ccccc2C1=O)Nc1ccccc1Cl. The summed E-state index contributed by atoms with van der Waals surface area (Å²) in [7, 11) is 0. The first-order valence-electron chi connectivity index (χ1n) is 7.79. The van der Waals surface area contributed by atoms with E-state index in [2.05, 4.69) is 10.7 Å². The zero-order valence-corrected chi connectivity index (χ0v) is 14.2. The maximum absolute atomic E-state index is 12.2. The third-order valence-corrected chi connectivity index (χ3v) is 4.09. The molecule has 8 heteroatoms. The third-order valence-electron chi connectivity index (χ3n) is 3.76. The number of para-hydroxylation sites is 1. The Balaban J connectivity index is 1.54. The van der Waals surface area contributed by atoms with E-state index in [0.717, 1.165) is 0 Å². The van der Waals surface area contributed by atoms with Crippen molar-refractivity contribution in [1.82, 2.24) is 10.4 Å². The number of hydrogen-bond acceptors (Lipinski definition) is 4. The maximum Gasteiger partial charge on any atom is 0.280 e. The molecule has 0 saturated carbocycles. The molecule has 1 aliphatic rings. The van der Waals surface area contributed by atoms with Crippen molar-refractivity contribution in [2.45, 2.75) is 12.8 Å². The van der Waals surface area contributed by atoms with Crippen LogP contribution in [0.15, 0.2) is 48.5 Å². The average Bonchev–Trinajstić information content (AvgIpc) is 2.87. The number of imide groups is 1. The second-order valence-electron chi connectivity index (χ2n) is 5.55. The van der Waals surface area contributed by atoms with Crippen LogP contribution in [0.5, 0.6) is 0 Å². The minimum atomic E-state index is -0.617. The lowest BCUT2D eigenvalue weighted by Gasteiger charge is -2.15. The molecular formula is C18H14ClN3O4. The molecule has 1 heterocycles. The topological polar surface area (TPSA) is 95.6 Å². The van der Waals surface area contributed by atoms with E-state index in [-0.39, 0.29) is 24.0 Å². The number of hydrazine groups is 1. The summed E-state index contributed by atoms with van der Waals surface area (Å²) in [4.78, 5) is 48.2. The van der Waals surface area contributed by atoms with Gasteiger partial charge in [0.1, 0.15) is 0 Å². The molecule has 4 amide bonds. The average molecular weight is 372 g/mol. The normalized spacial score (nSPS) is 12.7. The molecule has 0 atom stereocenters. The van der Waals surface area contributed by atoms with Gasteiger partial charge in [0, 0.05) is 12.8 Å². The van der Waals surface area contributed by atoms with E-state index in [4.69, 9.17) is 11.6 Å². The molecular weight excluding hydrogens is 358 g/mol. The number of nitrogens with zero attached hydrogens (tertiary/aromatic N) is 1. The molecule has 0 spiro atoms. The molecule has 2 N–H and O–H groups in total. The molecule has 0 aliphatic carbocycles. The largest absolute Gasteiger partial charge is 0.325 e. The molecule has 26 heavy (non-hydrogen) atoms. The van der Waals surface area contributed by atoms with Gasteiger partial charge < -0.3 is 5.32 Å². The van der Waals surface area contributed by atoms with E-state index >= 15 is 0 Å². The number of anilines is 1.